The molecule has 96 valence electrons. The Hall–Kier alpha value is -1.06. The number of hydrogen-bond donors (Lipinski definition) is 1. The number of nitrogens with two attached hydrogens (primary N) is 1. The van der Waals surface area contributed by atoms with E-state index in [1.54, 1.807) is 7.11 Å². The van der Waals surface area contributed by atoms with Crippen LogP contribution < -0.4 is 10.5 Å². The van der Waals surface area contributed by atoms with Crippen molar-refractivity contribution in [3.63, 3.8) is 0 Å². The van der Waals surface area contributed by atoms with Gasteiger partial charge >= 0.3 is 0 Å². The van der Waals surface area contributed by atoms with Gasteiger partial charge in [0.1, 0.15) is 5.75 Å². The Kier molecular flexibility index (Phi) is 6.01. The number of hydrogen-bond acceptors (Lipinski definition) is 3. The van der Waals surface area contributed by atoms with Crippen molar-refractivity contribution in [2.45, 2.75) is 32.7 Å². The Morgan fingerprint density at radius 1 is 1.24 bits per heavy atom. The SMILES string of the molecule is COCCCCOc1cc(C)ccc1C(C)N. The lowest BCUT2D eigenvalue weighted by Crippen LogP contribution is -2.09. The number of ether oxygens (including phenoxy) is 2. The normalized spacial score (nSPS) is 12.5. The predicted molar refractivity (Wildman–Crippen MR) is 70.4 cm³/mol. The van der Waals surface area contributed by atoms with E-state index in [-0.39, 0.29) is 6.04 Å². The van der Waals surface area contributed by atoms with Gasteiger partial charge in [-0.25, -0.2) is 0 Å². The highest BCUT2D eigenvalue weighted by molar-refractivity contribution is 5.38. The minimum Gasteiger partial charge on any atom is -0.493 e. The van der Waals surface area contributed by atoms with Crippen LogP contribution in [0.2, 0.25) is 0 Å². The standard InChI is InChI=1S/C14H23NO2/c1-11-6-7-13(12(2)15)14(10-11)17-9-5-4-8-16-3/h6-7,10,12H,4-5,8-9,15H2,1-3H3. The summed E-state index contributed by atoms with van der Waals surface area (Å²) in [5, 5.41) is 0. The number of rotatable bonds is 7. The third-order valence-corrected chi connectivity index (χ3v) is 2.66. The molecule has 1 aromatic carbocycles. The van der Waals surface area contributed by atoms with Crippen molar-refractivity contribution in [3.05, 3.63) is 29.3 Å². The lowest BCUT2D eigenvalue weighted by Gasteiger charge is -2.14. The van der Waals surface area contributed by atoms with Gasteiger partial charge in [0.05, 0.1) is 6.61 Å². The van der Waals surface area contributed by atoms with Gasteiger partial charge in [0, 0.05) is 25.3 Å². The maximum Gasteiger partial charge on any atom is 0.124 e. The van der Waals surface area contributed by atoms with Crippen LogP contribution in [0.15, 0.2) is 18.2 Å². The van der Waals surface area contributed by atoms with Crippen LogP contribution in [0, 0.1) is 6.92 Å². The van der Waals surface area contributed by atoms with E-state index in [0.717, 1.165) is 30.8 Å². The summed E-state index contributed by atoms with van der Waals surface area (Å²) in [5.74, 6) is 0.914. The number of unbranched alkanes of at least 4 members (excludes halogenated alkanes) is 1. The van der Waals surface area contributed by atoms with E-state index in [1.165, 1.54) is 5.56 Å². The number of methoxy groups -OCH3 is 1. The summed E-state index contributed by atoms with van der Waals surface area (Å²) in [6, 6.07) is 6.17. The Labute approximate surface area is 104 Å². The molecular formula is C14H23NO2. The molecule has 0 spiro atoms. The van der Waals surface area contributed by atoms with Crippen molar-refractivity contribution in [3.8, 4) is 5.75 Å². The van der Waals surface area contributed by atoms with Crippen LogP contribution in [-0.2, 0) is 4.74 Å². The van der Waals surface area contributed by atoms with Gasteiger partial charge in [0.2, 0.25) is 0 Å². The molecule has 0 bridgehead atoms. The first-order valence-corrected chi connectivity index (χ1v) is 6.13. The molecule has 0 aliphatic rings. The molecule has 2 N–H and O–H groups in total. The Bertz CT molecular complexity index is 337. The number of aryl methyl sites for hydroxylation is 1. The van der Waals surface area contributed by atoms with Gasteiger partial charge in [-0.05, 0) is 38.3 Å². The molecule has 0 amide bonds. The minimum absolute atomic E-state index is 0.00424. The van der Waals surface area contributed by atoms with E-state index in [4.69, 9.17) is 15.2 Å². The zero-order valence-electron chi connectivity index (χ0n) is 11.0. The lowest BCUT2D eigenvalue weighted by atomic mass is 10.1. The highest BCUT2D eigenvalue weighted by atomic mass is 16.5. The summed E-state index contributed by atoms with van der Waals surface area (Å²) in [6.45, 7) is 5.54. The smallest absolute Gasteiger partial charge is 0.124 e. The molecule has 1 unspecified atom stereocenters. The molecule has 1 atom stereocenters. The van der Waals surface area contributed by atoms with Crippen LogP contribution in [0.3, 0.4) is 0 Å². The van der Waals surface area contributed by atoms with E-state index >= 15 is 0 Å². The van der Waals surface area contributed by atoms with Gasteiger partial charge in [-0.15, -0.1) is 0 Å². The second-order valence-electron chi connectivity index (χ2n) is 4.38. The highest BCUT2D eigenvalue weighted by Gasteiger charge is 2.07. The first kappa shape index (κ1) is 14.0. The molecular weight excluding hydrogens is 214 g/mol. The lowest BCUT2D eigenvalue weighted by molar-refractivity contribution is 0.184. The summed E-state index contributed by atoms with van der Waals surface area (Å²) in [6.07, 6.45) is 2.02. The molecule has 1 aromatic rings. The zero-order chi connectivity index (χ0) is 12.7. The maximum atomic E-state index is 5.92. The molecule has 0 aliphatic heterocycles. The maximum absolute atomic E-state index is 5.92. The van der Waals surface area contributed by atoms with Crippen LogP contribution in [0.25, 0.3) is 0 Å². The first-order valence-electron chi connectivity index (χ1n) is 6.13. The van der Waals surface area contributed by atoms with Crippen LogP contribution >= 0.6 is 0 Å². The molecule has 0 heterocycles. The fourth-order valence-electron chi connectivity index (χ4n) is 1.67. The number of benzene rings is 1. The van der Waals surface area contributed by atoms with Gasteiger partial charge in [0.15, 0.2) is 0 Å². The largest absolute Gasteiger partial charge is 0.493 e. The van der Waals surface area contributed by atoms with Gasteiger partial charge in [-0.2, -0.15) is 0 Å². The molecule has 0 saturated carbocycles. The van der Waals surface area contributed by atoms with Gasteiger partial charge in [-0.3, -0.25) is 0 Å². The topological polar surface area (TPSA) is 44.5 Å². The quantitative estimate of drug-likeness (QED) is 0.742. The molecule has 1 rings (SSSR count). The fourth-order valence-corrected chi connectivity index (χ4v) is 1.67. The van der Waals surface area contributed by atoms with Crippen LogP contribution in [-0.4, -0.2) is 20.3 Å². The summed E-state index contributed by atoms with van der Waals surface area (Å²) >= 11 is 0. The molecule has 0 fully saturated rings. The second-order valence-corrected chi connectivity index (χ2v) is 4.38. The van der Waals surface area contributed by atoms with Crippen LogP contribution in [0.4, 0.5) is 0 Å². The summed E-state index contributed by atoms with van der Waals surface area (Å²) in [7, 11) is 1.72. The molecule has 0 aliphatic carbocycles. The Morgan fingerprint density at radius 2 is 1.94 bits per heavy atom. The molecule has 3 nitrogen and oxygen atoms in total. The van der Waals surface area contributed by atoms with Crippen LogP contribution in [0.1, 0.15) is 36.9 Å². The molecule has 0 radical (unpaired) electrons. The van der Waals surface area contributed by atoms with Crippen molar-refractivity contribution < 1.29 is 9.47 Å². The van der Waals surface area contributed by atoms with Crippen molar-refractivity contribution in [2.75, 3.05) is 20.3 Å². The van der Waals surface area contributed by atoms with Crippen molar-refractivity contribution >= 4 is 0 Å². The van der Waals surface area contributed by atoms with E-state index in [9.17, 15) is 0 Å². The third-order valence-electron chi connectivity index (χ3n) is 2.66. The van der Waals surface area contributed by atoms with E-state index in [2.05, 4.69) is 19.1 Å². The summed E-state index contributed by atoms with van der Waals surface area (Å²) in [4.78, 5) is 0. The highest BCUT2D eigenvalue weighted by Crippen LogP contribution is 2.25. The average Bonchev–Trinajstić information content (AvgIpc) is 2.28. The predicted octanol–water partition coefficient (Wildman–Crippen LogP) is 2.82. The van der Waals surface area contributed by atoms with E-state index < -0.39 is 0 Å². The van der Waals surface area contributed by atoms with Gasteiger partial charge in [-0.1, -0.05) is 12.1 Å². The van der Waals surface area contributed by atoms with Crippen molar-refractivity contribution in [1.29, 1.82) is 0 Å². The zero-order valence-corrected chi connectivity index (χ0v) is 11.0. The van der Waals surface area contributed by atoms with E-state index in [1.807, 2.05) is 13.0 Å². The average molecular weight is 237 g/mol. The molecule has 0 aromatic heterocycles. The summed E-state index contributed by atoms with van der Waals surface area (Å²) < 4.78 is 10.8. The van der Waals surface area contributed by atoms with E-state index in [0.29, 0.717) is 6.61 Å². The van der Waals surface area contributed by atoms with Crippen molar-refractivity contribution in [1.82, 2.24) is 0 Å². The monoisotopic (exact) mass is 237 g/mol. The summed E-state index contributed by atoms with van der Waals surface area (Å²) in [5.41, 5.74) is 8.18. The molecule has 17 heavy (non-hydrogen) atoms. The van der Waals surface area contributed by atoms with Crippen LogP contribution in [0.5, 0.6) is 5.75 Å². The minimum atomic E-state index is 0.00424. The Balaban J connectivity index is 2.53. The van der Waals surface area contributed by atoms with Gasteiger partial charge < -0.3 is 15.2 Å². The van der Waals surface area contributed by atoms with Gasteiger partial charge in [0.25, 0.3) is 0 Å². The Morgan fingerprint density at radius 3 is 2.59 bits per heavy atom. The van der Waals surface area contributed by atoms with Crippen molar-refractivity contribution in [2.24, 2.45) is 5.73 Å². The second kappa shape index (κ2) is 7.30. The molecule has 3 heteroatoms. The first-order chi connectivity index (χ1) is 8.15. The third kappa shape index (κ3) is 4.75. The fraction of sp³-hybridized carbons (Fsp3) is 0.571. The molecule has 0 saturated heterocycles.